The Balaban J connectivity index is 2.55. The van der Waals surface area contributed by atoms with Gasteiger partial charge in [0, 0.05) is 6.54 Å². The molecule has 0 aliphatic rings. The smallest absolute Gasteiger partial charge is 0.215 e. The molecule has 3 nitrogen and oxygen atoms in total. The molecule has 0 saturated carbocycles. The molecule has 1 aromatic carbocycles. The van der Waals surface area contributed by atoms with Gasteiger partial charge in [-0.25, -0.2) is 4.39 Å². The number of carbonyl (C=O) groups excluding carboxylic acids is 1. The van der Waals surface area contributed by atoms with E-state index in [1.165, 1.54) is 6.07 Å². The molecule has 0 aliphatic carbocycles. The summed E-state index contributed by atoms with van der Waals surface area (Å²) < 4.78 is 16.1. The van der Waals surface area contributed by atoms with E-state index < -0.39 is 5.82 Å². The topological polar surface area (TPSA) is 34.9 Å². The lowest BCUT2D eigenvalue weighted by Crippen LogP contribution is -2.13. The number of nitrogens with zero attached hydrogens (tertiary/aromatic N) is 2. The van der Waals surface area contributed by atoms with E-state index in [1.54, 1.807) is 29.9 Å². The first kappa shape index (κ1) is 13.0. The summed E-state index contributed by atoms with van der Waals surface area (Å²) in [5.74, 6) is -0.833. The van der Waals surface area contributed by atoms with E-state index in [2.05, 4.69) is 21.0 Å². The number of rotatable bonds is 3. The molecule has 0 radical (unpaired) electrons. The molecule has 0 amide bonds. The molecule has 94 valence electrons. The second-order valence-electron chi connectivity index (χ2n) is 3.92. The highest BCUT2D eigenvalue weighted by molar-refractivity contribution is 9.10. The van der Waals surface area contributed by atoms with Crippen molar-refractivity contribution < 1.29 is 9.18 Å². The molecule has 0 unspecified atom stereocenters. The second-order valence-corrected chi connectivity index (χ2v) is 4.78. The van der Waals surface area contributed by atoms with Gasteiger partial charge in [-0.1, -0.05) is 12.1 Å². The van der Waals surface area contributed by atoms with Crippen LogP contribution in [0, 0.1) is 12.7 Å². The third kappa shape index (κ3) is 2.10. The number of hydrogen-bond donors (Lipinski definition) is 0. The predicted octanol–water partition coefficient (Wildman–Crippen LogP) is 3.34. The van der Waals surface area contributed by atoms with Crippen molar-refractivity contribution in [1.29, 1.82) is 0 Å². The number of aromatic nitrogens is 2. The molecule has 0 aliphatic heterocycles. The molecule has 5 heteroatoms. The molecular formula is C13H12BrFN2O. The van der Waals surface area contributed by atoms with Crippen LogP contribution in [-0.4, -0.2) is 15.6 Å². The maximum atomic E-state index is 13.9. The van der Waals surface area contributed by atoms with Crippen LogP contribution in [0.15, 0.2) is 28.9 Å². The van der Waals surface area contributed by atoms with Crippen LogP contribution in [-0.2, 0) is 6.54 Å². The third-order valence-corrected chi connectivity index (χ3v) is 3.33. The van der Waals surface area contributed by atoms with Gasteiger partial charge in [0.05, 0.1) is 16.2 Å². The van der Waals surface area contributed by atoms with Crippen molar-refractivity contribution in [1.82, 2.24) is 9.78 Å². The quantitative estimate of drug-likeness (QED) is 0.815. The van der Waals surface area contributed by atoms with Crippen molar-refractivity contribution in [3.05, 3.63) is 51.5 Å². The van der Waals surface area contributed by atoms with Crippen molar-refractivity contribution in [3.8, 4) is 0 Å². The number of ketones is 1. The highest BCUT2D eigenvalue weighted by Gasteiger charge is 2.21. The Morgan fingerprint density at radius 3 is 2.89 bits per heavy atom. The van der Waals surface area contributed by atoms with E-state index in [4.69, 9.17) is 0 Å². The summed E-state index contributed by atoms with van der Waals surface area (Å²) in [4.78, 5) is 12.4. The summed E-state index contributed by atoms with van der Waals surface area (Å²) in [6.45, 7) is 4.07. The van der Waals surface area contributed by atoms with Crippen LogP contribution >= 0.6 is 15.9 Å². The van der Waals surface area contributed by atoms with Gasteiger partial charge >= 0.3 is 0 Å². The van der Waals surface area contributed by atoms with E-state index in [-0.39, 0.29) is 11.3 Å². The van der Waals surface area contributed by atoms with Gasteiger partial charge in [-0.15, -0.1) is 0 Å². The van der Waals surface area contributed by atoms with Gasteiger partial charge < -0.3 is 0 Å². The van der Waals surface area contributed by atoms with Crippen molar-refractivity contribution in [3.63, 3.8) is 0 Å². The second kappa shape index (κ2) is 5.02. The summed E-state index contributed by atoms with van der Waals surface area (Å²) >= 11 is 3.27. The highest BCUT2D eigenvalue weighted by atomic mass is 79.9. The van der Waals surface area contributed by atoms with Crippen LogP contribution in [0.3, 0.4) is 0 Å². The fourth-order valence-electron chi connectivity index (χ4n) is 1.78. The molecule has 1 aromatic heterocycles. The van der Waals surface area contributed by atoms with Crippen LogP contribution in [0.1, 0.15) is 28.5 Å². The summed E-state index contributed by atoms with van der Waals surface area (Å²) in [6, 6.07) is 4.80. The summed E-state index contributed by atoms with van der Waals surface area (Å²) in [7, 11) is 0. The molecule has 0 spiro atoms. The van der Waals surface area contributed by atoms with Crippen molar-refractivity contribution in [2.75, 3.05) is 0 Å². The first-order chi connectivity index (χ1) is 8.56. The van der Waals surface area contributed by atoms with Crippen molar-refractivity contribution >= 4 is 21.7 Å². The number of halogens is 2. The first-order valence-electron chi connectivity index (χ1n) is 5.57. The van der Waals surface area contributed by atoms with E-state index in [1.807, 2.05) is 6.92 Å². The summed E-state index contributed by atoms with van der Waals surface area (Å²) in [5, 5.41) is 4.06. The molecule has 0 fully saturated rings. The number of hydrogen-bond acceptors (Lipinski definition) is 2. The molecule has 0 atom stereocenters. The average Bonchev–Trinajstić information content (AvgIpc) is 2.73. The molecule has 18 heavy (non-hydrogen) atoms. The normalized spacial score (nSPS) is 10.7. The Morgan fingerprint density at radius 1 is 1.50 bits per heavy atom. The van der Waals surface area contributed by atoms with Crippen LogP contribution < -0.4 is 0 Å². The molecule has 2 aromatic rings. The largest absolute Gasteiger partial charge is 0.287 e. The minimum absolute atomic E-state index is 0.0749. The zero-order chi connectivity index (χ0) is 13.3. The Bertz CT molecular complexity index is 607. The van der Waals surface area contributed by atoms with Gasteiger partial charge in [-0.05, 0) is 41.4 Å². The van der Waals surface area contributed by atoms with Gasteiger partial charge in [0.25, 0.3) is 0 Å². The predicted molar refractivity (Wildman–Crippen MR) is 70.2 cm³/mol. The summed E-state index contributed by atoms with van der Waals surface area (Å²) in [5.41, 5.74) is 0.910. The lowest BCUT2D eigenvalue weighted by molar-refractivity contribution is 0.102. The highest BCUT2D eigenvalue weighted by Crippen LogP contribution is 2.22. The van der Waals surface area contributed by atoms with Crippen molar-refractivity contribution in [2.24, 2.45) is 0 Å². The average molecular weight is 311 g/mol. The lowest BCUT2D eigenvalue weighted by Gasteiger charge is -2.07. The maximum Gasteiger partial charge on any atom is 0.215 e. The SMILES string of the molecule is CCn1ncc(Br)c1C(=O)c1cccc(C)c1F. The minimum Gasteiger partial charge on any atom is -0.287 e. The van der Waals surface area contributed by atoms with Gasteiger partial charge in [0.15, 0.2) is 0 Å². The molecule has 0 saturated heterocycles. The monoisotopic (exact) mass is 310 g/mol. The van der Waals surface area contributed by atoms with Gasteiger partial charge in [-0.3, -0.25) is 9.48 Å². The Kier molecular flexibility index (Phi) is 3.61. The van der Waals surface area contributed by atoms with Gasteiger partial charge in [-0.2, -0.15) is 5.10 Å². The molecule has 1 heterocycles. The number of carbonyl (C=O) groups is 1. The number of aryl methyl sites for hydroxylation is 2. The molecule has 0 bridgehead atoms. The van der Waals surface area contributed by atoms with Crippen LogP contribution in [0.2, 0.25) is 0 Å². The minimum atomic E-state index is -0.474. The van der Waals surface area contributed by atoms with Crippen LogP contribution in [0.25, 0.3) is 0 Å². The van der Waals surface area contributed by atoms with E-state index in [0.717, 1.165) is 0 Å². The van der Waals surface area contributed by atoms with Gasteiger partial charge in [0.1, 0.15) is 11.5 Å². The fourth-order valence-corrected chi connectivity index (χ4v) is 2.25. The molecular weight excluding hydrogens is 299 g/mol. The number of benzene rings is 1. The standard InChI is InChI=1S/C13H12BrFN2O/c1-3-17-12(10(14)7-16-17)13(18)9-6-4-5-8(2)11(9)15/h4-7H,3H2,1-2H3. The Hall–Kier alpha value is -1.49. The van der Waals surface area contributed by atoms with E-state index in [0.29, 0.717) is 22.3 Å². The van der Waals surface area contributed by atoms with Crippen LogP contribution in [0.5, 0.6) is 0 Å². The molecule has 2 rings (SSSR count). The maximum absolute atomic E-state index is 13.9. The third-order valence-electron chi connectivity index (χ3n) is 2.75. The van der Waals surface area contributed by atoms with E-state index >= 15 is 0 Å². The Morgan fingerprint density at radius 2 is 2.22 bits per heavy atom. The first-order valence-corrected chi connectivity index (χ1v) is 6.36. The Labute approximate surface area is 113 Å². The zero-order valence-corrected chi connectivity index (χ0v) is 11.7. The van der Waals surface area contributed by atoms with Crippen molar-refractivity contribution in [2.45, 2.75) is 20.4 Å². The zero-order valence-electron chi connectivity index (χ0n) is 10.1. The lowest BCUT2D eigenvalue weighted by atomic mass is 10.0. The fraction of sp³-hybridized carbons (Fsp3) is 0.231. The summed E-state index contributed by atoms with van der Waals surface area (Å²) in [6.07, 6.45) is 1.55. The van der Waals surface area contributed by atoms with E-state index in [9.17, 15) is 9.18 Å². The van der Waals surface area contributed by atoms with Gasteiger partial charge in [0.2, 0.25) is 5.78 Å². The molecule has 0 N–H and O–H groups in total. The van der Waals surface area contributed by atoms with Crippen LogP contribution in [0.4, 0.5) is 4.39 Å².